The van der Waals surface area contributed by atoms with E-state index < -0.39 is 0 Å². The number of aromatic nitrogens is 2. The number of furan rings is 1. The number of nitrogens with zero attached hydrogens (tertiary/aromatic N) is 2. The van der Waals surface area contributed by atoms with Gasteiger partial charge < -0.3 is 14.3 Å². The smallest absolute Gasteiger partial charge is 0.291 e. The van der Waals surface area contributed by atoms with E-state index in [1.807, 2.05) is 0 Å². The van der Waals surface area contributed by atoms with Crippen molar-refractivity contribution in [2.24, 2.45) is 0 Å². The van der Waals surface area contributed by atoms with Crippen LogP contribution in [0.25, 0.3) is 22.8 Å². The molecule has 2 aromatic heterocycles. The maximum Gasteiger partial charge on any atom is 0.291 e. The van der Waals surface area contributed by atoms with E-state index in [1.165, 1.54) is 18.4 Å². The lowest BCUT2D eigenvalue weighted by atomic mass is 10.2. The van der Waals surface area contributed by atoms with Crippen LogP contribution in [-0.2, 0) is 0 Å². The molecule has 2 heterocycles. The van der Waals surface area contributed by atoms with Gasteiger partial charge in [0, 0.05) is 16.8 Å². The Bertz CT molecular complexity index is 1060. The molecular formula is C19H12FN3O3. The SMILES string of the molecule is O=C(Nc1cccc(-c2noc(-c3cccc(F)c3)n2)c1)c1ccco1. The zero-order valence-corrected chi connectivity index (χ0v) is 13.3. The lowest BCUT2D eigenvalue weighted by molar-refractivity contribution is 0.0996. The molecule has 0 unspecified atom stereocenters. The second-order valence-corrected chi connectivity index (χ2v) is 5.45. The first-order chi connectivity index (χ1) is 12.7. The van der Waals surface area contributed by atoms with Gasteiger partial charge in [-0.3, -0.25) is 4.79 Å². The largest absolute Gasteiger partial charge is 0.459 e. The number of hydrogen-bond acceptors (Lipinski definition) is 5. The van der Waals surface area contributed by atoms with E-state index >= 15 is 0 Å². The fourth-order valence-electron chi connectivity index (χ4n) is 2.42. The van der Waals surface area contributed by atoms with Gasteiger partial charge in [-0.2, -0.15) is 4.98 Å². The molecule has 2 aromatic carbocycles. The second-order valence-electron chi connectivity index (χ2n) is 5.45. The summed E-state index contributed by atoms with van der Waals surface area (Å²) in [4.78, 5) is 16.3. The molecule has 0 saturated heterocycles. The Balaban J connectivity index is 1.58. The van der Waals surface area contributed by atoms with Gasteiger partial charge in [0.25, 0.3) is 11.8 Å². The van der Waals surface area contributed by atoms with E-state index in [4.69, 9.17) is 8.94 Å². The normalized spacial score (nSPS) is 10.7. The molecule has 0 radical (unpaired) electrons. The summed E-state index contributed by atoms with van der Waals surface area (Å²) in [6.45, 7) is 0. The summed E-state index contributed by atoms with van der Waals surface area (Å²) < 4.78 is 23.6. The fourth-order valence-corrected chi connectivity index (χ4v) is 2.42. The first-order valence-electron chi connectivity index (χ1n) is 7.74. The Morgan fingerprint density at radius 2 is 1.85 bits per heavy atom. The fraction of sp³-hybridized carbons (Fsp3) is 0. The highest BCUT2D eigenvalue weighted by Gasteiger charge is 2.13. The van der Waals surface area contributed by atoms with Crippen LogP contribution in [0.1, 0.15) is 10.6 Å². The van der Waals surface area contributed by atoms with Crippen LogP contribution in [0.15, 0.2) is 75.9 Å². The molecule has 4 rings (SSSR count). The Labute approximate surface area is 147 Å². The zero-order valence-electron chi connectivity index (χ0n) is 13.3. The van der Waals surface area contributed by atoms with Gasteiger partial charge in [0.1, 0.15) is 5.82 Å². The van der Waals surface area contributed by atoms with E-state index in [0.29, 0.717) is 22.6 Å². The number of halogens is 1. The summed E-state index contributed by atoms with van der Waals surface area (Å²) in [5, 5.41) is 6.65. The van der Waals surface area contributed by atoms with Gasteiger partial charge in [-0.25, -0.2) is 4.39 Å². The van der Waals surface area contributed by atoms with Gasteiger partial charge in [-0.05, 0) is 42.5 Å². The Kier molecular flexibility index (Phi) is 4.03. The topological polar surface area (TPSA) is 81.2 Å². The Morgan fingerprint density at radius 3 is 2.65 bits per heavy atom. The minimum Gasteiger partial charge on any atom is -0.459 e. The standard InChI is InChI=1S/C19H12FN3O3/c20-14-6-1-5-13(10-14)19-22-17(23-26-19)12-4-2-7-15(11-12)21-18(24)16-8-3-9-25-16/h1-11H,(H,21,24). The molecule has 0 bridgehead atoms. The van der Waals surface area contributed by atoms with Gasteiger partial charge in [0.05, 0.1) is 6.26 Å². The van der Waals surface area contributed by atoms with E-state index in [-0.39, 0.29) is 23.4 Å². The molecular weight excluding hydrogens is 337 g/mol. The average molecular weight is 349 g/mol. The van der Waals surface area contributed by atoms with Crippen molar-refractivity contribution in [1.82, 2.24) is 10.1 Å². The van der Waals surface area contributed by atoms with Crippen molar-refractivity contribution in [3.8, 4) is 22.8 Å². The molecule has 0 aliphatic heterocycles. The molecule has 0 fully saturated rings. The predicted molar refractivity (Wildman–Crippen MR) is 91.8 cm³/mol. The number of anilines is 1. The number of rotatable bonds is 4. The highest BCUT2D eigenvalue weighted by atomic mass is 19.1. The number of carbonyl (C=O) groups is 1. The van der Waals surface area contributed by atoms with Gasteiger partial charge >= 0.3 is 0 Å². The number of nitrogens with one attached hydrogen (secondary N) is 1. The maximum absolute atomic E-state index is 13.3. The molecule has 26 heavy (non-hydrogen) atoms. The third kappa shape index (κ3) is 3.23. The van der Waals surface area contributed by atoms with Gasteiger partial charge in [0.15, 0.2) is 5.76 Å². The Morgan fingerprint density at radius 1 is 1.00 bits per heavy atom. The minimum absolute atomic E-state index is 0.211. The van der Waals surface area contributed by atoms with E-state index in [1.54, 1.807) is 48.5 Å². The summed E-state index contributed by atoms with van der Waals surface area (Å²) in [6, 6.07) is 16.1. The van der Waals surface area contributed by atoms with Gasteiger partial charge in [-0.1, -0.05) is 23.4 Å². The second kappa shape index (κ2) is 6.64. The lowest BCUT2D eigenvalue weighted by Crippen LogP contribution is -2.10. The Hall–Kier alpha value is -3.74. The van der Waals surface area contributed by atoms with Crippen LogP contribution in [0.2, 0.25) is 0 Å². The summed E-state index contributed by atoms with van der Waals surface area (Å²) in [5.74, 6) is 0.0110. The first kappa shape index (κ1) is 15.8. The van der Waals surface area contributed by atoms with Crippen LogP contribution < -0.4 is 5.32 Å². The molecule has 0 saturated carbocycles. The van der Waals surface area contributed by atoms with Crippen molar-refractivity contribution in [1.29, 1.82) is 0 Å². The highest BCUT2D eigenvalue weighted by Crippen LogP contribution is 2.24. The molecule has 0 atom stereocenters. The van der Waals surface area contributed by atoms with Crippen molar-refractivity contribution in [3.05, 3.63) is 78.5 Å². The third-order valence-electron chi connectivity index (χ3n) is 3.62. The van der Waals surface area contributed by atoms with Crippen LogP contribution in [0.3, 0.4) is 0 Å². The van der Waals surface area contributed by atoms with Crippen LogP contribution in [0.5, 0.6) is 0 Å². The lowest BCUT2D eigenvalue weighted by Gasteiger charge is -2.04. The highest BCUT2D eigenvalue weighted by molar-refractivity contribution is 6.02. The molecule has 7 heteroatoms. The quantitative estimate of drug-likeness (QED) is 0.591. The van der Waals surface area contributed by atoms with Gasteiger partial charge in [-0.15, -0.1) is 0 Å². The van der Waals surface area contributed by atoms with E-state index in [0.717, 1.165) is 0 Å². The molecule has 1 amide bonds. The molecule has 0 spiro atoms. The number of benzene rings is 2. The van der Waals surface area contributed by atoms with Crippen molar-refractivity contribution in [2.75, 3.05) is 5.32 Å². The van der Waals surface area contributed by atoms with Crippen molar-refractivity contribution >= 4 is 11.6 Å². The maximum atomic E-state index is 13.3. The molecule has 1 N–H and O–H groups in total. The van der Waals surface area contributed by atoms with Crippen LogP contribution in [0, 0.1) is 5.82 Å². The summed E-state index contributed by atoms with van der Waals surface area (Å²) in [6.07, 6.45) is 1.43. The van der Waals surface area contributed by atoms with Crippen molar-refractivity contribution in [3.63, 3.8) is 0 Å². The summed E-state index contributed by atoms with van der Waals surface area (Å²) in [7, 11) is 0. The van der Waals surface area contributed by atoms with E-state index in [9.17, 15) is 9.18 Å². The van der Waals surface area contributed by atoms with E-state index in [2.05, 4.69) is 15.5 Å². The minimum atomic E-state index is -0.384. The average Bonchev–Trinajstić information content (AvgIpc) is 3.34. The molecule has 4 aromatic rings. The summed E-state index contributed by atoms with van der Waals surface area (Å²) >= 11 is 0. The number of amides is 1. The monoisotopic (exact) mass is 349 g/mol. The zero-order chi connectivity index (χ0) is 17.9. The number of hydrogen-bond donors (Lipinski definition) is 1. The first-order valence-corrected chi connectivity index (χ1v) is 7.74. The van der Waals surface area contributed by atoms with Crippen molar-refractivity contribution in [2.45, 2.75) is 0 Å². The third-order valence-corrected chi connectivity index (χ3v) is 3.62. The molecule has 0 aliphatic carbocycles. The molecule has 6 nitrogen and oxygen atoms in total. The van der Waals surface area contributed by atoms with Crippen molar-refractivity contribution < 1.29 is 18.1 Å². The predicted octanol–water partition coefficient (Wildman–Crippen LogP) is 4.39. The molecule has 0 aliphatic rings. The number of carbonyl (C=O) groups excluding carboxylic acids is 1. The van der Waals surface area contributed by atoms with Crippen LogP contribution >= 0.6 is 0 Å². The van der Waals surface area contributed by atoms with Gasteiger partial charge in [0.2, 0.25) is 5.82 Å². The summed E-state index contributed by atoms with van der Waals surface area (Å²) in [5.41, 5.74) is 1.70. The van der Waals surface area contributed by atoms with Crippen LogP contribution in [-0.4, -0.2) is 16.0 Å². The van der Waals surface area contributed by atoms with Crippen LogP contribution in [0.4, 0.5) is 10.1 Å². The molecule has 128 valence electrons.